The van der Waals surface area contributed by atoms with Crippen LogP contribution in [0.15, 0.2) is 23.1 Å². The Morgan fingerprint density at radius 3 is 2.42 bits per heavy atom. The molecule has 9 heteroatoms. The van der Waals surface area contributed by atoms with Crippen molar-refractivity contribution < 1.29 is 31.1 Å². The second kappa shape index (κ2) is 5.60. The molecule has 0 aliphatic carbocycles. The second-order valence-corrected chi connectivity index (χ2v) is 8.39. The molecule has 1 aromatic carbocycles. The van der Waals surface area contributed by atoms with Crippen LogP contribution in [-0.2, 0) is 20.0 Å². The molecule has 0 N–H and O–H groups in total. The topological polar surface area (TPSA) is 55.8 Å². The molecule has 0 radical (unpaired) electrons. The Balaban J connectivity index is 1.98. The van der Waals surface area contributed by atoms with Crippen LogP contribution in [0.25, 0.3) is 0 Å². The van der Waals surface area contributed by atoms with Gasteiger partial charge in [0.05, 0.1) is 18.1 Å². The zero-order chi connectivity index (χ0) is 17.8. The molecule has 5 nitrogen and oxygen atoms in total. The first kappa shape index (κ1) is 17.5. The summed E-state index contributed by atoms with van der Waals surface area (Å²) in [6.07, 6.45) is -0.375. The van der Waals surface area contributed by atoms with Crippen molar-refractivity contribution in [3.8, 4) is 5.75 Å². The van der Waals surface area contributed by atoms with Gasteiger partial charge in [-0.2, -0.15) is 13.2 Å². The van der Waals surface area contributed by atoms with Crippen LogP contribution in [0.2, 0.25) is 0 Å². The Morgan fingerprint density at radius 1 is 1.21 bits per heavy atom. The van der Waals surface area contributed by atoms with Crippen LogP contribution in [0.1, 0.15) is 19.4 Å². The number of halogens is 3. The highest BCUT2D eigenvalue weighted by molar-refractivity contribution is 7.92. The number of fused-ring (bicyclic) bond motifs is 1. The minimum atomic E-state index is -5.38. The van der Waals surface area contributed by atoms with E-state index in [-0.39, 0.29) is 6.23 Å². The maximum absolute atomic E-state index is 12.8. The fourth-order valence-corrected chi connectivity index (χ4v) is 3.95. The fourth-order valence-electron chi connectivity index (χ4n) is 3.16. The van der Waals surface area contributed by atoms with Crippen LogP contribution in [-0.4, -0.2) is 51.4 Å². The van der Waals surface area contributed by atoms with Crippen LogP contribution in [0.4, 0.5) is 13.2 Å². The molecule has 2 aliphatic heterocycles. The molecular formula is C15H18F3NO4S. The number of alkyl halides is 3. The number of hydrogen-bond acceptors (Lipinski definition) is 5. The number of benzene rings is 1. The predicted octanol–water partition coefficient (Wildman–Crippen LogP) is 2.31. The molecule has 1 unspecified atom stereocenters. The van der Waals surface area contributed by atoms with Gasteiger partial charge in [-0.05, 0) is 18.2 Å². The summed E-state index contributed by atoms with van der Waals surface area (Å²) >= 11 is 0. The number of morpholine rings is 1. The van der Waals surface area contributed by atoms with Gasteiger partial charge in [0.1, 0.15) is 5.75 Å². The lowest BCUT2D eigenvalue weighted by Crippen LogP contribution is -2.52. The highest BCUT2D eigenvalue weighted by atomic mass is 32.2. The van der Waals surface area contributed by atoms with Crippen LogP contribution >= 0.6 is 0 Å². The summed E-state index contributed by atoms with van der Waals surface area (Å²) < 4.78 is 72.9. The average molecular weight is 365 g/mol. The van der Waals surface area contributed by atoms with Crippen LogP contribution in [0.5, 0.6) is 5.75 Å². The van der Waals surface area contributed by atoms with Gasteiger partial charge >= 0.3 is 5.51 Å². The van der Waals surface area contributed by atoms with Crippen molar-refractivity contribution >= 4 is 9.84 Å². The Hall–Kier alpha value is -1.32. The minimum Gasteiger partial charge on any atom is -0.474 e. The van der Waals surface area contributed by atoms with Crippen molar-refractivity contribution in [3.05, 3.63) is 23.8 Å². The van der Waals surface area contributed by atoms with Gasteiger partial charge in [0.25, 0.3) is 9.84 Å². The van der Waals surface area contributed by atoms with Crippen molar-refractivity contribution in [2.24, 2.45) is 0 Å². The van der Waals surface area contributed by atoms with Gasteiger partial charge in [0.15, 0.2) is 6.23 Å². The first-order valence-corrected chi connectivity index (χ1v) is 8.98. The molecule has 1 fully saturated rings. The quantitative estimate of drug-likeness (QED) is 0.805. The molecule has 0 bridgehead atoms. The van der Waals surface area contributed by atoms with Crippen molar-refractivity contribution in [3.63, 3.8) is 0 Å². The third-order valence-corrected chi connectivity index (χ3v) is 5.98. The monoisotopic (exact) mass is 365 g/mol. The molecule has 2 heterocycles. The van der Waals surface area contributed by atoms with Gasteiger partial charge in [0, 0.05) is 24.1 Å². The standard InChI is InChI=1S/C15H18F3NO4S/c1-14(2)11-9-10(24(20,21)15(16,17)18)3-4-12(11)23-13(14)19-5-7-22-8-6-19/h3-4,9,13H,5-8H2,1-2H3. The van der Waals surface area contributed by atoms with E-state index < -0.39 is 25.7 Å². The predicted molar refractivity (Wildman–Crippen MR) is 79.5 cm³/mol. The summed E-state index contributed by atoms with van der Waals surface area (Å²) in [6, 6.07) is 3.33. The summed E-state index contributed by atoms with van der Waals surface area (Å²) in [5.74, 6) is 0.414. The van der Waals surface area contributed by atoms with Gasteiger partial charge in [-0.3, -0.25) is 4.90 Å². The number of sulfone groups is 1. The molecule has 1 atom stereocenters. The molecule has 1 saturated heterocycles. The highest BCUT2D eigenvalue weighted by Gasteiger charge is 2.49. The van der Waals surface area contributed by atoms with E-state index in [1.165, 1.54) is 6.07 Å². The lowest BCUT2D eigenvalue weighted by Gasteiger charge is -2.38. The number of rotatable bonds is 2. The molecule has 0 saturated carbocycles. The summed E-state index contributed by atoms with van der Waals surface area (Å²) in [6.45, 7) is 6.08. The Kier molecular flexibility index (Phi) is 4.09. The van der Waals surface area contributed by atoms with Gasteiger partial charge in [-0.1, -0.05) is 13.8 Å². The number of ether oxygens (including phenoxy) is 2. The lowest BCUT2D eigenvalue weighted by molar-refractivity contribution is -0.0612. The van der Waals surface area contributed by atoms with E-state index in [1.54, 1.807) is 0 Å². The molecule has 2 aliphatic rings. The second-order valence-electron chi connectivity index (χ2n) is 6.45. The molecule has 0 spiro atoms. The SMILES string of the molecule is CC1(C)c2cc(S(=O)(=O)C(F)(F)F)ccc2OC1N1CCOCC1. The summed E-state index contributed by atoms with van der Waals surface area (Å²) in [4.78, 5) is 1.30. The first-order chi connectivity index (χ1) is 11.0. The van der Waals surface area contributed by atoms with E-state index in [0.717, 1.165) is 12.1 Å². The van der Waals surface area contributed by atoms with Crippen LogP contribution in [0, 0.1) is 0 Å². The lowest BCUT2D eigenvalue weighted by atomic mass is 9.83. The fraction of sp³-hybridized carbons (Fsp3) is 0.600. The molecule has 134 valence electrons. The smallest absolute Gasteiger partial charge is 0.474 e. The van der Waals surface area contributed by atoms with Gasteiger partial charge in [0.2, 0.25) is 0 Å². The molecular weight excluding hydrogens is 347 g/mol. The first-order valence-electron chi connectivity index (χ1n) is 7.49. The summed E-state index contributed by atoms with van der Waals surface area (Å²) in [7, 11) is -5.38. The van der Waals surface area contributed by atoms with E-state index in [1.807, 2.05) is 13.8 Å². The van der Waals surface area contributed by atoms with E-state index in [4.69, 9.17) is 9.47 Å². The third-order valence-electron chi connectivity index (χ3n) is 4.49. The number of hydrogen-bond donors (Lipinski definition) is 0. The van der Waals surface area contributed by atoms with Gasteiger partial charge in [-0.25, -0.2) is 8.42 Å². The third kappa shape index (κ3) is 2.68. The molecule has 0 amide bonds. The molecule has 0 aromatic heterocycles. The summed E-state index contributed by atoms with van der Waals surface area (Å²) in [5.41, 5.74) is -5.51. The molecule has 1 aromatic rings. The van der Waals surface area contributed by atoms with Gasteiger partial charge < -0.3 is 9.47 Å². The van der Waals surface area contributed by atoms with Crippen molar-refractivity contribution in [1.29, 1.82) is 0 Å². The largest absolute Gasteiger partial charge is 0.501 e. The number of nitrogens with zero attached hydrogens (tertiary/aromatic N) is 1. The van der Waals surface area contributed by atoms with E-state index >= 15 is 0 Å². The Morgan fingerprint density at radius 2 is 1.83 bits per heavy atom. The minimum absolute atomic E-state index is 0.375. The maximum Gasteiger partial charge on any atom is 0.501 e. The summed E-state index contributed by atoms with van der Waals surface area (Å²) in [5, 5.41) is 0. The highest BCUT2D eigenvalue weighted by Crippen LogP contribution is 2.45. The van der Waals surface area contributed by atoms with Gasteiger partial charge in [-0.15, -0.1) is 0 Å². The Labute approximate surface area is 138 Å². The van der Waals surface area contributed by atoms with Crippen molar-refractivity contribution in [2.75, 3.05) is 26.3 Å². The Bertz CT molecular complexity index is 740. The van der Waals surface area contributed by atoms with Crippen molar-refractivity contribution in [2.45, 2.75) is 35.9 Å². The average Bonchev–Trinajstić information content (AvgIpc) is 2.78. The molecule has 24 heavy (non-hydrogen) atoms. The van der Waals surface area contributed by atoms with Crippen LogP contribution < -0.4 is 4.74 Å². The van der Waals surface area contributed by atoms with E-state index in [9.17, 15) is 21.6 Å². The van der Waals surface area contributed by atoms with Crippen LogP contribution in [0.3, 0.4) is 0 Å². The van der Waals surface area contributed by atoms with Crippen molar-refractivity contribution in [1.82, 2.24) is 4.90 Å². The maximum atomic E-state index is 12.8. The normalized spacial score (nSPS) is 24.5. The van der Waals surface area contributed by atoms with E-state index in [0.29, 0.717) is 37.6 Å². The zero-order valence-corrected chi connectivity index (χ0v) is 14.1. The molecule has 3 rings (SSSR count). The zero-order valence-electron chi connectivity index (χ0n) is 13.3. The van der Waals surface area contributed by atoms with E-state index in [2.05, 4.69) is 4.90 Å².